The molecule has 2 amide bonds. The number of aromatic nitrogens is 1. The van der Waals surface area contributed by atoms with Gasteiger partial charge in [0.1, 0.15) is 11.4 Å². The summed E-state index contributed by atoms with van der Waals surface area (Å²) in [6.45, 7) is 5.36. The number of carbonyl (C=O) groups excluding carboxylic acids is 2. The highest BCUT2D eigenvalue weighted by Gasteiger charge is 2.35. The molecule has 1 aliphatic carbocycles. The molecule has 4 N–H and O–H groups in total. The number of hydrogen-bond acceptors (Lipinski definition) is 6. The standard InChI is InChI=1S/C36H48N4O5/c1-4-19-40(20-5-2)35(44)27-22-31(38-33(42)23-27)34(43)39-30(21-26-13-8-6-9-14-26)32(41)25-37-36(17-10-7-11-18-36)28-15-12-16-29(24-28)45-3/h6,8-9,12-16,22-24,30,32,37,41H,4-5,7,10-11,17-21,25H2,1-3H3,(H,38,42)(H,39,43)/t30-,32+/m0/s1. The molecular weight excluding hydrogens is 568 g/mol. The number of aliphatic hydroxyl groups is 1. The minimum absolute atomic E-state index is 0.0165. The Morgan fingerprint density at radius 1 is 0.978 bits per heavy atom. The lowest BCUT2D eigenvalue weighted by Gasteiger charge is -2.40. The van der Waals surface area contributed by atoms with E-state index in [1.165, 1.54) is 12.1 Å². The summed E-state index contributed by atoms with van der Waals surface area (Å²) in [5.41, 5.74) is 1.38. The average Bonchev–Trinajstić information content (AvgIpc) is 3.07. The maximum absolute atomic E-state index is 13.6. The molecule has 1 saturated carbocycles. The van der Waals surface area contributed by atoms with Gasteiger partial charge in [0.15, 0.2) is 0 Å². The van der Waals surface area contributed by atoms with Crippen molar-refractivity contribution in [1.29, 1.82) is 0 Å². The fourth-order valence-corrected chi connectivity index (χ4v) is 6.31. The first-order valence-electron chi connectivity index (χ1n) is 16.2. The number of aliphatic hydroxyl groups excluding tert-OH is 1. The first-order chi connectivity index (χ1) is 21.8. The molecule has 0 spiro atoms. The number of aromatic amines is 1. The van der Waals surface area contributed by atoms with Gasteiger partial charge in [-0.05, 0) is 61.4 Å². The summed E-state index contributed by atoms with van der Waals surface area (Å²) >= 11 is 0. The van der Waals surface area contributed by atoms with Gasteiger partial charge < -0.3 is 30.4 Å². The van der Waals surface area contributed by atoms with Crippen LogP contribution in [0.4, 0.5) is 0 Å². The normalized spacial score (nSPS) is 15.6. The highest BCUT2D eigenvalue weighted by Crippen LogP contribution is 2.38. The molecule has 0 unspecified atom stereocenters. The predicted molar refractivity (Wildman–Crippen MR) is 177 cm³/mol. The molecule has 242 valence electrons. The van der Waals surface area contributed by atoms with E-state index in [0.717, 1.165) is 61.8 Å². The number of amides is 2. The van der Waals surface area contributed by atoms with Crippen LogP contribution >= 0.6 is 0 Å². The number of ether oxygens (including phenoxy) is 1. The highest BCUT2D eigenvalue weighted by molar-refractivity contribution is 5.98. The SMILES string of the molecule is CCCN(CCC)C(=O)c1cc(C(=O)N[C@@H](Cc2ccccc2)[C@H](O)CNC2(c3cccc(OC)c3)CCCCC2)[nH]c(=O)c1. The number of nitrogens with one attached hydrogen (secondary N) is 3. The monoisotopic (exact) mass is 616 g/mol. The molecule has 1 heterocycles. The van der Waals surface area contributed by atoms with E-state index in [0.29, 0.717) is 19.5 Å². The molecule has 0 radical (unpaired) electrons. The lowest BCUT2D eigenvalue weighted by atomic mass is 9.76. The fraction of sp³-hybridized carbons (Fsp3) is 0.472. The molecule has 0 bridgehead atoms. The van der Waals surface area contributed by atoms with Crippen molar-refractivity contribution in [1.82, 2.24) is 20.5 Å². The molecule has 0 saturated heterocycles. The van der Waals surface area contributed by atoms with E-state index >= 15 is 0 Å². The van der Waals surface area contributed by atoms with Crippen LogP contribution in [0.25, 0.3) is 0 Å². The molecule has 1 fully saturated rings. The van der Waals surface area contributed by atoms with E-state index in [2.05, 4.69) is 27.8 Å². The summed E-state index contributed by atoms with van der Waals surface area (Å²) in [6, 6.07) is 19.7. The number of hydrogen-bond donors (Lipinski definition) is 4. The van der Waals surface area contributed by atoms with Gasteiger partial charge in [-0.1, -0.05) is 75.6 Å². The second kappa shape index (κ2) is 16.4. The van der Waals surface area contributed by atoms with Crippen molar-refractivity contribution in [2.24, 2.45) is 0 Å². The number of rotatable bonds is 15. The number of nitrogens with zero attached hydrogens (tertiary/aromatic N) is 1. The Bertz CT molecular complexity index is 1450. The van der Waals surface area contributed by atoms with Gasteiger partial charge in [-0.15, -0.1) is 0 Å². The zero-order chi connectivity index (χ0) is 32.2. The van der Waals surface area contributed by atoms with Gasteiger partial charge in [0, 0.05) is 36.8 Å². The third kappa shape index (κ3) is 9.05. The molecule has 45 heavy (non-hydrogen) atoms. The van der Waals surface area contributed by atoms with Crippen LogP contribution in [0.3, 0.4) is 0 Å². The first kappa shape index (κ1) is 33.9. The molecular formula is C36H48N4O5. The Kier molecular flexibility index (Phi) is 12.4. The van der Waals surface area contributed by atoms with Crippen molar-refractivity contribution in [2.75, 3.05) is 26.7 Å². The molecule has 2 atom stereocenters. The largest absolute Gasteiger partial charge is 0.497 e. The van der Waals surface area contributed by atoms with E-state index in [4.69, 9.17) is 4.74 Å². The number of carbonyl (C=O) groups is 2. The fourth-order valence-electron chi connectivity index (χ4n) is 6.31. The van der Waals surface area contributed by atoms with Crippen molar-refractivity contribution in [3.63, 3.8) is 0 Å². The Hall–Kier alpha value is -3.95. The Labute approximate surface area is 266 Å². The smallest absolute Gasteiger partial charge is 0.268 e. The van der Waals surface area contributed by atoms with Gasteiger partial charge in [0.25, 0.3) is 11.8 Å². The van der Waals surface area contributed by atoms with Crippen molar-refractivity contribution in [2.45, 2.75) is 82.9 Å². The Morgan fingerprint density at radius 3 is 2.36 bits per heavy atom. The Balaban J connectivity index is 1.56. The third-order valence-electron chi connectivity index (χ3n) is 8.67. The van der Waals surface area contributed by atoms with Crippen molar-refractivity contribution in [3.05, 3.63) is 99.5 Å². The van der Waals surface area contributed by atoms with Crippen molar-refractivity contribution < 1.29 is 19.4 Å². The third-order valence-corrected chi connectivity index (χ3v) is 8.67. The zero-order valence-corrected chi connectivity index (χ0v) is 26.8. The van der Waals surface area contributed by atoms with E-state index in [1.807, 2.05) is 56.3 Å². The number of methoxy groups -OCH3 is 1. The number of pyridine rings is 1. The van der Waals surface area contributed by atoms with Gasteiger partial charge >= 0.3 is 0 Å². The van der Waals surface area contributed by atoms with E-state index in [-0.39, 0.29) is 29.2 Å². The minimum atomic E-state index is -0.945. The zero-order valence-electron chi connectivity index (χ0n) is 26.8. The maximum atomic E-state index is 13.6. The van der Waals surface area contributed by atoms with Gasteiger partial charge in [-0.2, -0.15) is 0 Å². The number of benzene rings is 2. The van der Waals surface area contributed by atoms with Crippen molar-refractivity contribution >= 4 is 11.8 Å². The van der Waals surface area contributed by atoms with Crippen LogP contribution in [0, 0.1) is 0 Å². The lowest BCUT2D eigenvalue weighted by Crippen LogP contribution is -2.53. The molecule has 4 rings (SSSR count). The average molecular weight is 617 g/mol. The molecule has 1 aliphatic rings. The Morgan fingerprint density at radius 2 is 1.69 bits per heavy atom. The van der Waals surface area contributed by atoms with Gasteiger partial charge in [-0.3, -0.25) is 14.4 Å². The van der Waals surface area contributed by atoms with Crippen LogP contribution in [0.15, 0.2) is 71.5 Å². The van der Waals surface area contributed by atoms with Crippen LogP contribution in [0.5, 0.6) is 5.75 Å². The number of H-pyrrole nitrogens is 1. The van der Waals surface area contributed by atoms with Crippen LogP contribution in [0.1, 0.15) is 90.8 Å². The summed E-state index contributed by atoms with van der Waals surface area (Å²) < 4.78 is 5.50. The molecule has 0 aliphatic heterocycles. The first-order valence-corrected chi connectivity index (χ1v) is 16.2. The quantitative estimate of drug-likeness (QED) is 0.195. The molecule has 9 nitrogen and oxygen atoms in total. The van der Waals surface area contributed by atoms with E-state index < -0.39 is 23.6 Å². The maximum Gasteiger partial charge on any atom is 0.268 e. The summed E-state index contributed by atoms with van der Waals surface area (Å²) in [5, 5.41) is 18.3. The highest BCUT2D eigenvalue weighted by atomic mass is 16.5. The molecule has 9 heteroatoms. The predicted octanol–water partition coefficient (Wildman–Crippen LogP) is 4.80. The molecule has 3 aromatic rings. The summed E-state index contributed by atoms with van der Waals surface area (Å²) in [6.07, 6.45) is 6.17. The van der Waals surface area contributed by atoms with E-state index in [1.54, 1.807) is 12.0 Å². The molecule has 2 aromatic carbocycles. The van der Waals surface area contributed by atoms with Crippen LogP contribution in [-0.4, -0.2) is 65.7 Å². The topological polar surface area (TPSA) is 124 Å². The van der Waals surface area contributed by atoms with Crippen LogP contribution in [0.2, 0.25) is 0 Å². The van der Waals surface area contributed by atoms with Gasteiger partial charge in [-0.25, -0.2) is 0 Å². The second-order valence-corrected chi connectivity index (χ2v) is 12.0. The van der Waals surface area contributed by atoms with E-state index in [9.17, 15) is 19.5 Å². The summed E-state index contributed by atoms with van der Waals surface area (Å²) in [4.78, 5) is 43.7. The summed E-state index contributed by atoms with van der Waals surface area (Å²) in [7, 11) is 1.66. The minimum Gasteiger partial charge on any atom is -0.497 e. The van der Waals surface area contributed by atoms with Gasteiger partial charge in [0.05, 0.1) is 19.3 Å². The lowest BCUT2D eigenvalue weighted by molar-refractivity contribution is 0.0755. The van der Waals surface area contributed by atoms with Crippen LogP contribution in [-0.2, 0) is 12.0 Å². The van der Waals surface area contributed by atoms with Gasteiger partial charge in [0.2, 0.25) is 5.56 Å². The molecule has 1 aromatic heterocycles. The second-order valence-electron chi connectivity index (χ2n) is 12.0. The summed E-state index contributed by atoms with van der Waals surface area (Å²) in [5.74, 6) is -0.0464. The van der Waals surface area contributed by atoms with Crippen molar-refractivity contribution in [3.8, 4) is 5.75 Å². The van der Waals surface area contributed by atoms with Crippen LogP contribution < -0.4 is 20.9 Å².